The van der Waals surface area contributed by atoms with Crippen molar-refractivity contribution in [3.05, 3.63) is 35.6 Å². The number of halogens is 1. The summed E-state index contributed by atoms with van der Waals surface area (Å²) in [5.74, 6) is -0.348. The van der Waals surface area contributed by atoms with Crippen LogP contribution in [0.15, 0.2) is 24.3 Å². The van der Waals surface area contributed by atoms with Gasteiger partial charge in [-0.15, -0.1) is 0 Å². The molecule has 1 aliphatic heterocycles. The molecule has 2 atom stereocenters. The summed E-state index contributed by atoms with van der Waals surface area (Å²) < 4.78 is 19.0. The Kier molecular flexibility index (Phi) is 4.08. The lowest BCUT2D eigenvalue weighted by atomic mass is 10.1. The highest BCUT2D eigenvalue weighted by Crippen LogP contribution is 2.17. The number of nitrogens with one attached hydrogen (secondary N) is 1. The fourth-order valence-electron chi connectivity index (χ4n) is 1.99. The summed E-state index contributed by atoms with van der Waals surface area (Å²) in [6.45, 7) is 1.37. The van der Waals surface area contributed by atoms with Gasteiger partial charge in [-0.25, -0.2) is 4.39 Å². The molecule has 0 spiro atoms. The maximum Gasteiger partial charge on any atom is 0.129 e. The van der Waals surface area contributed by atoms with Crippen molar-refractivity contribution in [1.29, 1.82) is 5.26 Å². The van der Waals surface area contributed by atoms with Crippen molar-refractivity contribution in [3.63, 3.8) is 0 Å². The highest BCUT2D eigenvalue weighted by Gasteiger charge is 2.19. The van der Waals surface area contributed by atoms with Crippen molar-refractivity contribution in [2.45, 2.75) is 25.0 Å². The van der Waals surface area contributed by atoms with Gasteiger partial charge >= 0.3 is 0 Å². The van der Waals surface area contributed by atoms with Crippen LogP contribution in [0.25, 0.3) is 0 Å². The molecule has 1 heterocycles. The van der Waals surface area contributed by atoms with Gasteiger partial charge in [0.25, 0.3) is 0 Å². The number of hydrogen-bond acceptors (Lipinski definition) is 3. The van der Waals surface area contributed by atoms with Gasteiger partial charge in [-0.1, -0.05) is 18.2 Å². The highest BCUT2D eigenvalue weighted by molar-refractivity contribution is 5.25. The van der Waals surface area contributed by atoms with Crippen LogP contribution < -0.4 is 5.32 Å². The summed E-state index contributed by atoms with van der Waals surface area (Å²) in [5.41, 5.74) is 0.396. The normalized spacial score (nSPS) is 21.1. The first-order valence-corrected chi connectivity index (χ1v) is 5.80. The highest BCUT2D eigenvalue weighted by atomic mass is 19.1. The zero-order valence-electron chi connectivity index (χ0n) is 9.53. The number of rotatable bonds is 4. The number of ether oxygens (including phenoxy) is 1. The lowest BCUT2D eigenvalue weighted by Gasteiger charge is -2.15. The van der Waals surface area contributed by atoms with Crippen LogP contribution >= 0.6 is 0 Å². The van der Waals surface area contributed by atoms with Gasteiger partial charge in [0.05, 0.1) is 12.2 Å². The van der Waals surface area contributed by atoms with Crippen molar-refractivity contribution in [2.75, 3.05) is 13.2 Å². The quantitative estimate of drug-likeness (QED) is 0.868. The Morgan fingerprint density at radius 1 is 1.53 bits per heavy atom. The Labute approximate surface area is 100 Å². The van der Waals surface area contributed by atoms with Crippen LogP contribution in [0.3, 0.4) is 0 Å². The third kappa shape index (κ3) is 3.02. The molecule has 0 bridgehead atoms. The molecule has 2 unspecified atom stereocenters. The Morgan fingerprint density at radius 3 is 3.00 bits per heavy atom. The van der Waals surface area contributed by atoms with Gasteiger partial charge in [-0.3, -0.25) is 5.32 Å². The number of nitriles is 1. The van der Waals surface area contributed by atoms with E-state index in [0.717, 1.165) is 19.4 Å². The van der Waals surface area contributed by atoms with E-state index in [1.54, 1.807) is 18.2 Å². The molecule has 0 radical (unpaired) electrons. The predicted octanol–water partition coefficient (Wildman–Crippen LogP) is 2.16. The molecule has 0 amide bonds. The van der Waals surface area contributed by atoms with Gasteiger partial charge in [0.15, 0.2) is 0 Å². The smallest absolute Gasteiger partial charge is 0.129 e. The maximum atomic E-state index is 13.5. The van der Waals surface area contributed by atoms with E-state index in [0.29, 0.717) is 12.1 Å². The lowest BCUT2D eigenvalue weighted by Crippen LogP contribution is -2.29. The molecular formula is C13H15FN2O. The molecule has 1 aromatic carbocycles. The van der Waals surface area contributed by atoms with Crippen molar-refractivity contribution in [1.82, 2.24) is 5.32 Å². The van der Waals surface area contributed by atoms with Crippen LogP contribution in [0, 0.1) is 17.1 Å². The topological polar surface area (TPSA) is 45.0 Å². The lowest BCUT2D eigenvalue weighted by molar-refractivity contribution is 0.109. The van der Waals surface area contributed by atoms with E-state index >= 15 is 0 Å². The first kappa shape index (κ1) is 12.0. The average molecular weight is 234 g/mol. The van der Waals surface area contributed by atoms with Crippen LogP contribution in [0.2, 0.25) is 0 Å². The Bertz CT molecular complexity index is 410. The summed E-state index contributed by atoms with van der Waals surface area (Å²) in [6.07, 6.45) is 2.21. The number of hydrogen-bond donors (Lipinski definition) is 1. The summed E-state index contributed by atoms with van der Waals surface area (Å²) >= 11 is 0. The fraction of sp³-hybridized carbons (Fsp3) is 0.462. The summed E-state index contributed by atoms with van der Waals surface area (Å²) in [6, 6.07) is 7.82. The van der Waals surface area contributed by atoms with Crippen LogP contribution in [0.5, 0.6) is 0 Å². The number of nitrogens with zero attached hydrogens (tertiary/aromatic N) is 1. The molecule has 1 fully saturated rings. The molecule has 3 nitrogen and oxygen atoms in total. The molecule has 17 heavy (non-hydrogen) atoms. The second kappa shape index (κ2) is 5.76. The minimum absolute atomic E-state index is 0.151. The Balaban J connectivity index is 1.97. The van der Waals surface area contributed by atoms with E-state index in [4.69, 9.17) is 10.00 Å². The molecule has 0 aromatic heterocycles. The third-order valence-electron chi connectivity index (χ3n) is 2.92. The summed E-state index contributed by atoms with van der Waals surface area (Å²) in [5, 5.41) is 12.1. The van der Waals surface area contributed by atoms with Gasteiger partial charge in [-0.2, -0.15) is 5.26 Å². The van der Waals surface area contributed by atoms with Gasteiger partial charge in [-0.05, 0) is 18.9 Å². The molecule has 2 rings (SSSR count). The molecule has 4 heteroatoms. The van der Waals surface area contributed by atoms with Crippen LogP contribution in [-0.4, -0.2) is 19.3 Å². The van der Waals surface area contributed by atoms with Gasteiger partial charge in [0.1, 0.15) is 11.9 Å². The van der Waals surface area contributed by atoms with E-state index < -0.39 is 6.04 Å². The van der Waals surface area contributed by atoms with Gasteiger partial charge in [0, 0.05) is 18.7 Å². The van der Waals surface area contributed by atoms with E-state index in [2.05, 4.69) is 11.4 Å². The molecule has 90 valence electrons. The molecule has 1 aromatic rings. The zero-order chi connectivity index (χ0) is 12.1. The maximum absolute atomic E-state index is 13.5. The first-order chi connectivity index (χ1) is 8.31. The first-order valence-electron chi connectivity index (χ1n) is 5.80. The van der Waals surface area contributed by atoms with Gasteiger partial charge < -0.3 is 4.74 Å². The van der Waals surface area contributed by atoms with Crippen LogP contribution in [0.1, 0.15) is 24.4 Å². The standard InChI is InChI=1S/C13H15FN2O/c14-12-6-2-1-5-11(12)13(8-15)16-9-10-4-3-7-17-10/h1-2,5-6,10,13,16H,3-4,7,9H2. The molecule has 1 saturated heterocycles. The van der Waals surface area contributed by atoms with Crippen LogP contribution in [-0.2, 0) is 4.74 Å². The van der Waals surface area contributed by atoms with Gasteiger partial charge in [0.2, 0.25) is 0 Å². The number of benzene rings is 1. The van der Waals surface area contributed by atoms with Crippen molar-refractivity contribution in [2.24, 2.45) is 0 Å². The van der Waals surface area contributed by atoms with Crippen molar-refractivity contribution < 1.29 is 9.13 Å². The Morgan fingerprint density at radius 2 is 2.35 bits per heavy atom. The van der Waals surface area contributed by atoms with Crippen molar-refractivity contribution >= 4 is 0 Å². The molecule has 0 saturated carbocycles. The SMILES string of the molecule is N#CC(NCC1CCCO1)c1ccccc1F. The van der Waals surface area contributed by atoms with E-state index in [-0.39, 0.29) is 11.9 Å². The second-order valence-corrected chi connectivity index (χ2v) is 4.13. The molecule has 1 N–H and O–H groups in total. The van der Waals surface area contributed by atoms with Crippen LogP contribution in [0.4, 0.5) is 4.39 Å². The minimum atomic E-state index is -0.611. The molecule has 0 aliphatic carbocycles. The Hall–Kier alpha value is -1.44. The summed E-state index contributed by atoms with van der Waals surface area (Å²) in [7, 11) is 0. The summed E-state index contributed by atoms with van der Waals surface area (Å²) in [4.78, 5) is 0. The minimum Gasteiger partial charge on any atom is -0.377 e. The van der Waals surface area contributed by atoms with Crippen molar-refractivity contribution in [3.8, 4) is 6.07 Å². The second-order valence-electron chi connectivity index (χ2n) is 4.13. The molecule has 1 aliphatic rings. The molecular weight excluding hydrogens is 219 g/mol. The zero-order valence-corrected chi connectivity index (χ0v) is 9.53. The largest absolute Gasteiger partial charge is 0.377 e. The monoisotopic (exact) mass is 234 g/mol. The van der Waals surface area contributed by atoms with E-state index in [9.17, 15) is 4.39 Å². The third-order valence-corrected chi connectivity index (χ3v) is 2.92. The average Bonchev–Trinajstić information content (AvgIpc) is 2.85. The predicted molar refractivity (Wildman–Crippen MR) is 61.7 cm³/mol. The van der Waals surface area contributed by atoms with E-state index in [1.807, 2.05) is 0 Å². The fourth-order valence-corrected chi connectivity index (χ4v) is 1.99. The van der Waals surface area contributed by atoms with E-state index in [1.165, 1.54) is 6.07 Å².